The highest BCUT2D eigenvalue weighted by Gasteiger charge is 2.20. The number of anilines is 2. The molecule has 6 nitrogen and oxygen atoms in total. The molecule has 0 aromatic heterocycles. The highest BCUT2D eigenvalue weighted by Crippen LogP contribution is 2.19. The second-order valence-corrected chi connectivity index (χ2v) is 7.26. The smallest absolute Gasteiger partial charge is 0.411 e. The van der Waals surface area contributed by atoms with Gasteiger partial charge in [0.2, 0.25) is 5.91 Å². The Labute approximate surface area is 159 Å². The van der Waals surface area contributed by atoms with Gasteiger partial charge in [-0.1, -0.05) is 45.0 Å². The highest BCUT2D eigenvalue weighted by atomic mass is 16.6. The van der Waals surface area contributed by atoms with Gasteiger partial charge in [0.25, 0.3) is 0 Å². The van der Waals surface area contributed by atoms with Gasteiger partial charge in [-0.25, -0.2) is 4.79 Å². The van der Waals surface area contributed by atoms with Gasteiger partial charge in [0.1, 0.15) is 6.61 Å². The molecule has 0 radical (unpaired) electrons. The Bertz CT molecular complexity index is 762. The number of nitrogens with one attached hydrogen (secondary N) is 2. The van der Waals surface area contributed by atoms with Crippen LogP contribution in [0.5, 0.6) is 0 Å². The van der Waals surface area contributed by atoms with Gasteiger partial charge < -0.3 is 15.2 Å². The molecule has 0 fully saturated rings. The number of rotatable bonds is 6. The molecule has 0 spiro atoms. The summed E-state index contributed by atoms with van der Waals surface area (Å²) in [4.78, 5) is 23.5. The minimum atomic E-state index is -0.593. The van der Waals surface area contributed by atoms with Gasteiger partial charge in [0.15, 0.2) is 0 Å². The topological polar surface area (TPSA) is 87.7 Å². The summed E-state index contributed by atoms with van der Waals surface area (Å²) in [6, 6.07) is 15.2. The highest BCUT2D eigenvalue weighted by molar-refractivity contribution is 5.94. The summed E-state index contributed by atoms with van der Waals surface area (Å²) in [5, 5.41) is 14.1. The Balaban J connectivity index is 1.91. The van der Waals surface area contributed by atoms with Crippen molar-refractivity contribution in [3.05, 3.63) is 59.7 Å². The third-order valence-electron chi connectivity index (χ3n) is 3.83. The van der Waals surface area contributed by atoms with E-state index in [9.17, 15) is 9.59 Å². The number of hydrogen-bond donors (Lipinski definition) is 3. The van der Waals surface area contributed by atoms with Crippen LogP contribution in [0, 0.1) is 5.41 Å². The lowest BCUT2D eigenvalue weighted by Crippen LogP contribution is -2.27. The maximum absolute atomic E-state index is 12.0. The lowest BCUT2D eigenvalue weighted by Gasteiger charge is -2.17. The Morgan fingerprint density at radius 2 is 1.37 bits per heavy atom. The molecule has 2 aromatic rings. The van der Waals surface area contributed by atoms with E-state index in [4.69, 9.17) is 9.84 Å². The molecule has 0 saturated carbocycles. The fourth-order valence-corrected chi connectivity index (χ4v) is 2.26. The third-order valence-corrected chi connectivity index (χ3v) is 3.83. The summed E-state index contributed by atoms with van der Waals surface area (Å²) < 4.78 is 4.75. The Morgan fingerprint density at radius 1 is 0.889 bits per heavy atom. The van der Waals surface area contributed by atoms with Crippen LogP contribution in [-0.2, 0) is 16.0 Å². The van der Waals surface area contributed by atoms with Gasteiger partial charge in [-0.2, -0.15) is 0 Å². The molecule has 0 saturated heterocycles. The number of benzene rings is 2. The van der Waals surface area contributed by atoms with E-state index >= 15 is 0 Å². The molecular weight excluding hydrogens is 344 g/mol. The van der Waals surface area contributed by atoms with Gasteiger partial charge in [0.05, 0.1) is 6.61 Å². The summed E-state index contributed by atoms with van der Waals surface area (Å²) in [5.41, 5.74) is 3.18. The van der Waals surface area contributed by atoms with Crippen molar-refractivity contribution in [2.45, 2.75) is 27.2 Å². The average molecular weight is 370 g/mol. The molecule has 0 aliphatic carbocycles. The molecule has 3 N–H and O–H groups in total. The Morgan fingerprint density at radius 3 is 1.81 bits per heavy atom. The molecule has 0 bridgehead atoms. The molecule has 2 aromatic carbocycles. The van der Waals surface area contributed by atoms with Crippen molar-refractivity contribution in [2.75, 3.05) is 23.8 Å². The summed E-state index contributed by atoms with van der Waals surface area (Å²) in [6.45, 7) is 5.39. The van der Waals surface area contributed by atoms with Crippen LogP contribution in [0.15, 0.2) is 48.5 Å². The molecule has 2 rings (SSSR count). The fraction of sp³-hybridized carbons (Fsp3) is 0.333. The van der Waals surface area contributed by atoms with Gasteiger partial charge in [0, 0.05) is 16.8 Å². The lowest BCUT2D eigenvalue weighted by atomic mass is 9.95. The van der Waals surface area contributed by atoms with E-state index in [-0.39, 0.29) is 19.1 Å². The molecule has 0 unspecified atom stereocenters. The molecule has 0 atom stereocenters. The first-order valence-corrected chi connectivity index (χ1v) is 8.82. The van der Waals surface area contributed by atoms with Crippen molar-refractivity contribution in [3.63, 3.8) is 0 Å². The minimum Gasteiger partial charge on any atom is -0.447 e. The van der Waals surface area contributed by atoms with Crippen molar-refractivity contribution < 1.29 is 19.4 Å². The van der Waals surface area contributed by atoms with Crippen LogP contribution in [0.1, 0.15) is 31.9 Å². The van der Waals surface area contributed by atoms with Crippen molar-refractivity contribution in [1.82, 2.24) is 0 Å². The fourth-order valence-electron chi connectivity index (χ4n) is 2.26. The van der Waals surface area contributed by atoms with Crippen LogP contribution >= 0.6 is 0 Å². The average Bonchev–Trinajstić information content (AvgIpc) is 2.62. The first-order valence-electron chi connectivity index (χ1n) is 8.82. The second kappa shape index (κ2) is 9.19. The molecule has 2 amide bonds. The van der Waals surface area contributed by atoms with E-state index < -0.39 is 11.5 Å². The number of hydrogen-bond acceptors (Lipinski definition) is 4. The van der Waals surface area contributed by atoms with Crippen molar-refractivity contribution >= 4 is 23.4 Å². The van der Waals surface area contributed by atoms with Crippen LogP contribution in [0.2, 0.25) is 0 Å². The third kappa shape index (κ3) is 6.75. The lowest BCUT2D eigenvalue weighted by molar-refractivity contribution is -0.123. The second-order valence-electron chi connectivity index (χ2n) is 7.26. The normalized spacial score (nSPS) is 11.0. The summed E-state index contributed by atoms with van der Waals surface area (Å²) in [7, 11) is 0. The molecule has 144 valence electrons. The first-order chi connectivity index (χ1) is 12.8. The zero-order chi connectivity index (χ0) is 19.9. The van der Waals surface area contributed by atoms with Gasteiger partial charge >= 0.3 is 6.09 Å². The molecule has 0 aliphatic rings. The van der Waals surface area contributed by atoms with E-state index in [1.54, 1.807) is 12.1 Å². The number of ether oxygens (including phenoxy) is 1. The number of carbonyl (C=O) groups excluding carboxylic acids is 2. The number of carbonyl (C=O) groups is 2. The SMILES string of the molecule is CC(C)(C)C(=O)Nc1ccc(Cc2ccc(NC(=O)OCCO)cc2)cc1. The van der Waals surface area contributed by atoms with Crippen LogP contribution < -0.4 is 10.6 Å². The molecular formula is C21H26N2O4. The van der Waals surface area contributed by atoms with E-state index in [1.165, 1.54) is 0 Å². The van der Waals surface area contributed by atoms with Gasteiger partial charge in [-0.15, -0.1) is 0 Å². The van der Waals surface area contributed by atoms with Gasteiger partial charge in [-0.3, -0.25) is 10.1 Å². The molecule has 6 heteroatoms. The minimum absolute atomic E-state index is 0.0177. The standard InChI is InChI=1S/C21H26N2O4/c1-21(2,3)19(25)22-17-8-4-15(5-9-17)14-16-6-10-18(11-7-16)23-20(26)27-13-12-24/h4-11,24H,12-14H2,1-3H3,(H,22,25)(H,23,26). The Kier molecular flexibility index (Phi) is 6.96. The zero-order valence-electron chi connectivity index (χ0n) is 15.9. The maximum Gasteiger partial charge on any atom is 0.411 e. The van der Waals surface area contributed by atoms with Crippen LogP contribution in [0.3, 0.4) is 0 Å². The van der Waals surface area contributed by atoms with E-state index in [0.29, 0.717) is 5.69 Å². The zero-order valence-corrected chi connectivity index (χ0v) is 15.9. The first kappa shape index (κ1) is 20.5. The predicted octanol–water partition coefficient (Wildman–Crippen LogP) is 3.80. The van der Waals surface area contributed by atoms with Crippen LogP contribution in [0.4, 0.5) is 16.2 Å². The Hall–Kier alpha value is -2.86. The van der Waals surface area contributed by atoms with Gasteiger partial charge in [-0.05, 0) is 41.8 Å². The van der Waals surface area contributed by atoms with Crippen molar-refractivity contribution in [3.8, 4) is 0 Å². The van der Waals surface area contributed by atoms with Crippen LogP contribution in [-0.4, -0.2) is 30.3 Å². The van der Waals surface area contributed by atoms with Crippen molar-refractivity contribution in [2.24, 2.45) is 5.41 Å². The van der Waals surface area contributed by atoms with Crippen LogP contribution in [0.25, 0.3) is 0 Å². The maximum atomic E-state index is 12.0. The monoisotopic (exact) mass is 370 g/mol. The van der Waals surface area contributed by atoms with E-state index in [1.807, 2.05) is 57.2 Å². The summed E-state index contributed by atoms with van der Waals surface area (Å²) in [6.07, 6.45) is 0.146. The van der Waals surface area contributed by atoms with E-state index in [2.05, 4.69) is 10.6 Å². The largest absolute Gasteiger partial charge is 0.447 e. The van der Waals surface area contributed by atoms with Crippen molar-refractivity contribution in [1.29, 1.82) is 0 Å². The summed E-state index contributed by atoms with van der Waals surface area (Å²) in [5.74, 6) is -0.0177. The molecule has 0 heterocycles. The molecule has 0 aliphatic heterocycles. The predicted molar refractivity (Wildman–Crippen MR) is 106 cm³/mol. The van der Waals surface area contributed by atoms with E-state index in [0.717, 1.165) is 23.2 Å². The summed E-state index contributed by atoms with van der Waals surface area (Å²) >= 11 is 0. The number of aliphatic hydroxyl groups excluding tert-OH is 1. The molecule has 27 heavy (non-hydrogen) atoms. The quantitative estimate of drug-likeness (QED) is 0.722. The number of aliphatic hydroxyl groups is 1. The number of amides is 2.